The van der Waals surface area contributed by atoms with Gasteiger partial charge in [-0.05, 0) is 77.9 Å². The third kappa shape index (κ3) is 5.21. The quantitative estimate of drug-likeness (QED) is 0.172. The largest absolute Gasteiger partial charge is 0.309 e. The zero-order chi connectivity index (χ0) is 37.0. The molecule has 0 bridgehead atoms. The zero-order valence-electron chi connectivity index (χ0n) is 30.3. The SMILES string of the molecule is c1ccc(-c2nc(-c3ccc(-n4c5ccccc5c5cc(-n6c7ccccc7c7ccccc76)ccc54)cc3)cc(-c3ccccc3-c3ccncc3)n2)cc1. The van der Waals surface area contributed by atoms with E-state index >= 15 is 0 Å². The molecule has 0 aliphatic rings. The molecule has 11 aromatic rings. The van der Waals surface area contributed by atoms with Crippen molar-refractivity contribution in [2.45, 2.75) is 0 Å². The van der Waals surface area contributed by atoms with Crippen LogP contribution in [-0.2, 0) is 0 Å². The Morgan fingerprint density at radius 3 is 1.52 bits per heavy atom. The van der Waals surface area contributed by atoms with Gasteiger partial charge in [0.1, 0.15) is 0 Å². The van der Waals surface area contributed by atoms with E-state index in [1.165, 1.54) is 32.6 Å². The molecule has 0 unspecified atom stereocenters. The Hall–Kier alpha value is -7.63. The van der Waals surface area contributed by atoms with E-state index in [-0.39, 0.29) is 0 Å². The van der Waals surface area contributed by atoms with Gasteiger partial charge < -0.3 is 9.13 Å². The Morgan fingerprint density at radius 1 is 0.321 bits per heavy atom. The minimum absolute atomic E-state index is 0.688. The van der Waals surface area contributed by atoms with Gasteiger partial charge in [0.05, 0.1) is 33.5 Å². The van der Waals surface area contributed by atoms with Gasteiger partial charge in [-0.25, -0.2) is 9.97 Å². The highest BCUT2D eigenvalue weighted by atomic mass is 15.0. The number of rotatable bonds is 6. The average molecular weight is 716 g/mol. The first-order valence-corrected chi connectivity index (χ1v) is 18.9. The Labute approximate surface area is 323 Å². The normalized spacial score (nSPS) is 11.6. The lowest BCUT2D eigenvalue weighted by Gasteiger charge is -2.13. The molecule has 0 radical (unpaired) electrons. The minimum atomic E-state index is 0.688. The van der Waals surface area contributed by atoms with Crippen molar-refractivity contribution in [3.05, 3.63) is 200 Å². The second-order valence-corrected chi connectivity index (χ2v) is 14.1. The summed E-state index contributed by atoms with van der Waals surface area (Å²) in [4.78, 5) is 14.5. The van der Waals surface area contributed by atoms with Gasteiger partial charge in [0.25, 0.3) is 0 Å². The lowest BCUT2D eigenvalue weighted by Crippen LogP contribution is -1.98. The van der Waals surface area contributed by atoms with E-state index < -0.39 is 0 Å². The Bertz CT molecular complexity index is 3180. The monoisotopic (exact) mass is 715 g/mol. The van der Waals surface area contributed by atoms with Gasteiger partial charge in [0.2, 0.25) is 0 Å². The molecule has 0 saturated carbocycles. The zero-order valence-corrected chi connectivity index (χ0v) is 30.3. The van der Waals surface area contributed by atoms with Crippen molar-refractivity contribution in [3.63, 3.8) is 0 Å². The predicted octanol–water partition coefficient (Wildman–Crippen LogP) is 12.7. The summed E-state index contributed by atoms with van der Waals surface area (Å²) in [5, 5.41) is 4.95. The van der Waals surface area contributed by atoms with Crippen LogP contribution in [0, 0.1) is 0 Å². The van der Waals surface area contributed by atoms with Gasteiger partial charge in [0.15, 0.2) is 5.82 Å². The maximum Gasteiger partial charge on any atom is 0.160 e. The molecule has 4 aromatic heterocycles. The van der Waals surface area contributed by atoms with Crippen LogP contribution in [0.5, 0.6) is 0 Å². The van der Waals surface area contributed by atoms with Gasteiger partial charge in [-0.2, -0.15) is 0 Å². The molecular weight excluding hydrogens is 683 g/mol. The lowest BCUT2D eigenvalue weighted by molar-refractivity contribution is 1.16. The number of aromatic nitrogens is 5. The van der Waals surface area contributed by atoms with Gasteiger partial charge >= 0.3 is 0 Å². The van der Waals surface area contributed by atoms with Crippen LogP contribution in [0.2, 0.25) is 0 Å². The average Bonchev–Trinajstić information content (AvgIpc) is 3.79. The van der Waals surface area contributed by atoms with E-state index in [1.54, 1.807) is 0 Å². The fraction of sp³-hybridized carbons (Fsp3) is 0. The molecule has 0 saturated heterocycles. The number of para-hydroxylation sites is 3. The number of pyridine rings is 1. The molecule has 56 heavy (non-hydrogen) atoms. The molecule has 11 rings (SSSR count). The molecule has 4 heterocycles. The summed E-state index contributed by atoms with van der Waals surface area (Å²) in [6.45, 7) is 0. The first kappa shape index (κ1) is 31.9. The number of fused-ring (bicyclic) bond motifs is 6. The van der Waals surface area contributed by atoms with Crippen LogP contribution in [0.15, 0.2) is 200 Å². The molecule has 0 atom stereocenters. The summed E-state index contributed by atoms with van der Waals surface area (Å²) in [5.41, 5.74) is 13.9. The van der Waals surface area contributed by atoms with Crippen LogP contribution in [0.3, 0.4) is 0 Å². The van der Waals surface area contributed by atoms with Crippen molar-refractivity contribution in [3.8, 4) is 56.4 Å². The van der Waals surface area contributed by atoms with Crippen LogP contribution in [0.1, 0.15) is 0 Å². The fourth-order valence-electron chi connectivity index (χ4n) is 8.30. The highest BCUT2D eigenvalue weighted by molar-refractivity contribution is 6.12. The summed E-state index contributed by atoms with van der Waals surface area (Å²) in [5.74, 6) is 0.688. The van der Waals surface area contributed by atoms with Crippen LogP contribution < -0.4 is 0 Å². The Kier molecular flexibility index (Phi) is 7.42. The summed E-state index contributed by atoms with van der Waals surface area (Å²) in [7, 11) is 0. The molecular formula is C51H33N5. The highest BCUT2D eigenvalue weighted by Gasteiger charge is 2.18. The van der Waals surface area contributed by atoms with Gasteiger partial charge in [-0.3, -0.25) is 4.98 Å². The molecule has 7 aromatic carbocycles. The van der Waals surface area contributed by atoms with Gasteiger partial charge in [-0.15, -0.1) is 0 Å². The smallest absolute Gasteiger partial charge is 0.160 e. The first-order chi connectivity index (χ1) is 27.8. The van der Waals surface area contributed by atoms with E-state index in [2.05, 4.69) is 172 Å². The molecule has 0 aliphatic carbocycles. The van der Waals surface area contributed by atoms with E-state index in [9.17, 15) is 0 Å². The number of hydrogen-bond donors (Lipinski definition) is 0. The topological polar surface area (TPSA) is 48.5 Å². The number of benzene rings is 7. The second kappa shape index (κ2) is 13.0. The number of nitrogens with zero attached hydrogens (tertiary/aromatic N) is 5. The van der Waals surface area contributed by atoms with Crippen LogP contribution in [0.25, 0.3) is 100 Å². The van der Waals surface area contributed by atoms with Crippen molar-refractivity contribution in [1.82, 2.24) is 24.1 Å². The summed E-state index contributed by atoms with van der Waals surface area (Å²) < 4.78 is 4.76. The van der Waals surface area contributed by atoms with Crippen LogP contribution in [-0.4, -0.2) is 24.1 Å². The third-order valence-corrected chi connectivity index (χ3v) is 10.9. The highest BCUT2D eigenvalue weighted by Crippen LogP contribution is 2.38. The molecule has 0 fully saturated rings. The predicted molar refractivity (Wildman–Crippen MR) is 230 cm³/mol. The van der Waals surface area contributed by atoms with Crippen molar-refractivity contribution >= 4 is 43.6 Å². The molecule has 0 N–H and O–H groups in total. The molecule has 0 aliphatic heterocycles. The van der Waals surface area contributed by atoms with Crippen LogP contribution >= 0.6 is 0 Å². The standard InChI is InChI=1S/C51H33N5/c1-2-12-36(13-3-1)51-53-45(33-46(54-51)40-15-5-4-14-39(40)34-28-30-52-31-29-34)35-22-24-37(25-23-35)55-49-21-11-8-18-43(49)44-32-38(26-27-50(44)55)56-47-19-9-6-16-41(47)42-17-7-10-20-48(42)56/h1-33H. The van der Waals surface area contributed by atoms with E-state index in [1.807, 2.05) is 42.7 Å². The van der Waals surface area contributed by atoms with E-state index in [0.717, 1.165) is 61.6 Å². The number of hydrogen-bond acceptors (Lipinski definition) is 3. The molecule has 0 spiro atoms. The van der Waals surface area contributed by atoms with E-state index in [4.69, 9.17) is 9.97 Å². The molecule has 5 heteroatoms. The first-order valence-electron chi connectivity index (χ1n) is 18.9. The third-order valence-electron chi connectivity index (χ3n) is 10.9. The van der Waals surface area contributed by atoms with Crippen molar-refractivity contribution in [1.29, 1.82) is 0 Å². The Balaban J connectivity index is 1.04. The summed E-state index contributed by atoms with van der Waals surface area (Å²) in [6, 6.07) is 66.5. The maximum atomic E-state index is 5.14. The van der Waals surface area contributed by atoms with Crippen molar-refractivity contribution in [2.24, 2.45) is 0 Å². The molecule has 5 nitrogen and oxygen atoms in total. The van der Waals surface area contributed by atoms with Crippen LogP contribution in [0.4, 0.5) is 0 Å². The van der Waals surface area contributed by atoms with Crippen molar-refractivity contribution in [2.75, 3.05) is 0 Å². The van der Waals surface area contributed by atoms with Gasteiger partial charge in [0, 0.05) is 62.0 Å². The second-order valence-electron chi connectivity index (χ2n) is 14.1. The molecule has 262 valence electrons. The maximum absolute atomic E-state index is 5.14. The molecule has 0 amide bonds. The van der Waals surface area contributed by atoms with E-state index in [0.29, 0.717) is 5.82 Å². The minimum Gasteiger partial charge on any atom is -0.309 e. The van der Waals surface area contributed by atoms with Crippen molar-refractivity contribution < 1.29 is 0 Å². The Morgan fingerprint density at radius 2 is 0.839 bits per heavy atom. The fourth-order valence-corrected chi connectivity index (χ4v) is 8.30. The lowest BCUT2D eigenvalue weighted by atomic mass is 9.97. The van der Waals surface area contributed by atoms with Gasteiger partial charge in [-0.1, -0.05) is 121 Å². The summed E-state index contributed by atoms with van der Waals surface area (Å²) in [6.07, 6.45) is 3.66. The summed E-state index contributed by atoms with van der Waals surface area (Å²) >= 11 is 0.